The molecule has 4 unspecified atom stereocenters. The van der Waals surface area contributed by atoms with Crippen molar-refractivity contribution in [3.63, 3.8) is 0 Å². The predicted molar refractivity (Wildman–Crippen MR) is 144 cm³/mol. The zero-order chi connectivity index (χ0) is 30.1. The molecule has 0 saturated carbocycles. The van der Waals surface area contributed by atoms with Gasteiger partial charge in [0.2, 0.25) is 0 Å². The fraction of sp³-hybridized carbons (Fsp3) is 0.455. The van der Waals surface area contributed by atoms with E-state index in [9.17, 15) is 24.2 Å². The molecule has 3 fully saturated rings. The highest BCUT2D eigenvalue weighted by Gasteiger charge is 2.52. The third-order valence-corrected chi connectivity index (χ3v) is 9.41. The maximum atomic E-state index is 13.3. The fourth-order valence-corrected chi connectivity index (χ4v) is 7.37. The Morgan fingerprint density at radius 3 is 2.30 bits per heavy atom. The number of benzene rings is 1. The Balaban J connectivity index is 1.16. The predicted octanol–water partition coefficient (Wildman–Crippen LogP) is 0.169. The van der Waals surface area contributed by atoms with Crippen LogP contribution >= 0.6 is 15.3 Å². The van der Waals surface area contributed by atoms with Gasteiger partial charge in [-0.15, -0.1) is 0 Å². The molecule has 3 radical (unpaired) electrons. The smallest absolute Gasteiger partial charge is 0.444 e. The molecule has 1 aromatic carbocycles. The number of nitrogens with zero attached hydrogens (tertiary/aromatic N) is 6. The van der Waals surface area contributed by atoms with E-state index in [2.05, 4.69) is 19.9 Å². The number of rotatable bonds is 2. The van der Waals surface area contributed by atoms with Crippen LogP contribution in [-0.2, 0) is 36.7 Å². The van der Waals surface area contributed by atoms with E-state index < -0.39 is 77.6 Å². The molecule has 0 bridgehead atoms. The molecule has 5 N–H and O–H groups in total. The van der Waals surface area contributed by atoms with Crippen molar-refractivity contribution in [1.29, 1.82) is 0 Å². The van der Waals surface area contributed by atoms with Crippen molar-refractivity contribution in [3.05, 3.63) is 43.2 Å². The van der Waals surface area contributed by atoms with Crippen LogP contribution in [0.2, 0.25) is 0 Å². The highest BCUT2D eigenvalue weighted by atomic mass is 31.2. The summed E-state index contributed by atoms with van der Waals surface area (Å²) in [5, 5.41) is 22.3. The number of para-hydroxylation sites is 2. The van der Waals surface area contributed by atoms with Gasteiger partial charge in [0.05, 0.1) is 44.4 Å². The summed E-state index contributed by atoms with van der Waals surface area (Å²) in [6, 6.07) is 7.05. The third-order valence-electron chi connectivity index (χ3n) is 7.38. The topological polar surface area (TPSA) is 238 Å². The van der Waals surface area contributed by atoms with E-state index in [1.807, 2.05) is 0 Å². The molecule has 0 spiro atoms. The van der Waals surface area contributed by atoms with E-state index in [4.69, 9.17) is 40.9 Å². The Kier molecular flexibility index (Phi) is 7.19. The molecule has 3 aliphatic rings. The zero-order valence-electron chi connectivity index (χ0n) is 21.9. The first-order valence-corrected chi connectivity index (χ1v) is 16.0. The second-order valence-corrected chi connectivity index (χ2v) is 13.0. The SMILES string of the molecule is [B-]P1(=O)OC[C@H]2O[C@@H](n3cnc4ccccc43)[C@@H](O)C2OP(=O)(O)OC[C@H]2O[C@@H](n3cnc4c(N)ncnc43)[C@@H](O)C2O1. The molecule has 3 saturated heterocycles. The van der Waals surface area contributed by atoms with Gasteiger partial charge in [0, 0.05) is 0 Å². The Hall–Kier alpha value is -2.80. The Morgan fingerprint density at radius 1 is 0.884 bits per heavy atom. The molecular formula is C22H24BN7O11P2-. The second-order valence-electron chi connectivity index (χ2n) is 10.1. The number of ether oxygens (including phenoxy) is 2. The number of phosphoric acid groups is 1. The van der Waals surface area contributed by atoms with Gasteiger partial charge in [0.25, 0.3) is 0 Å². The van der Waals surface area contributed by atoms with Gasteiger partial charge in [-0.05, 0) is 12.1 Å². The van der Waals surface area contributed by atoms with Crippen LogP contribution in [0.1, 0.15) is 12.5 Å². The lowest BCUT2D eigenvalue weighted by Crippen LogP contribution is -2.39. The molecule has 6 heterocycles. The van der Waals surface area contributed by atoms with E-state index in [0.29, 0.717) is 11.0 Å². The minimum absolute atomic E-state index is 0.0824. The first-order chi connectivity index (χ1) is 20.5. The van der Waals surface area contributed by atoms with E-state index in [1.54, 1.807) is 24.3 Å². The summed E-state index contributed by atoms with van der Waals surface area (Å²) in [5.74, 6) is 0.0824. The third kappa shape index (κ3) is 5.20. The van der Waals surface area contributed by atoms with Crippen LogP contribution in [0, 0.1) is 0 Å². The summed E-state index contributed by atoms with van der Waals surface area (Å²) < 4.78 is 62.5. The normalized spacial score (nSPS) is 38.9. The number of aliphatic hydroxyl groups is 2. The number of imidazole rings is 2. The molecule has 0 amide bonds. The first-order valence-electron chi connectivity index (χ1n) is 12.9. The van der Waals surface area contributed by atoms with Crippen molar-refractivity contribution < 1.29 is 51.8 Å². The van der Waals surface area contributed by atoms with Gasteiger partial charge < -0.3 is 56.1 Å². The van der Waals surface area contributed by atoms with Crippen LogP contribution in [-0.4, -0.2) is 102 Å². The van der Waals surface area contributed by atoms with Gasteiger partial charge >= 0.3 is 7.82 Å². The average molecular weight is 635 g/mol. The Labute approximate surface area is 243 Å². The molecule has 4 aromatic rings. The molecule has 18 nitrogen and oxygen atoms in total. The maximum Gasteiger partial charge on any atom is 0.472 e. The molecule has 21 heteroatoms. The summed E-state index contributed by atoms with van der Waals surface area (Å²) >= 11 is 0. The molecule has 227 valence electrons. The van der Waals surface area contributed by atoms with Crippen LogP contribution in [0.3, 0.4) is 0 Å². The standard InChI is InChI=1S/C22H24BN7O11P2/c23-42(33)36-5-12-18(16(32)21(38-12)29-8-27-10-3-1-2-4-11(10)29)41-43(34,35)37-6-13-17(40-42)15(31)22(39-13)30-9-28-14-19(24)25-7-26-20(14)30/h1-4,7-9,12-13,15-18,21-22,31-32H,5-6H2,(H,34,35)(H2,24,25,26)/q-1/t12-,13-,15+,16+,17?,18?,21-,22-,42?/m1/s1. The number of hydrogen-bond acceptors (Lipinski definition) is 15. The number of nitrogen functional groups attached to an aromatic ring is 1. The summed E-state index contributed by atoms with van der Waals surface area (Å²) in [4.78, 5) is 27.0. The minimum atomic E-state index is -4.92. The number of phosphoric ester groups is 1. The molecule has 0 aliphatic carbocycles. The molecule has 3 aromatic heterocycles. The Morgan fingerprint density at radius 2 is 1.53 bits per heavy atom. The maximum absolute atomic E-state index is 13.3. The highest BCUT2D eigenvalue weighted by molar-refractivity contribution is 7.79. The van der Waals surface area contributed by atoms with Crippen LogP contribution in [0.25, 0.3) is 22.2 Å². The van der Waals surface area contributed by atoms with Crippen molar-refractivity contribution in [2.75, 3.05) is 18.9 Å². The van der Waals surface area contributed by atoms with Gasteiger partial charge in [-0.1, -0.05) is 12.1 Å². The van der Waals surface area contributed by atoms with Gasteiger partial charge in [-0.3, -0.25) is 13.6 Å². The van der Waals surface area contributed by atoms with Crippen molar-refractivity contribution in [3.8, 4) is 0 Å². The molecule has 3 aliphatic heterocycles. The van der Waals surface area contributed by atoms with Crippen molar-refractivity contribution in [2.45, 2.75) is 49.1 Å². The number of fused-ring (bicyclic) bond motifs is 4. The van der Waals surface area contributed by atoms with Gasteiger partial charge in [0.15, 0.2) is 23.9 Å². The average Bonchev–Trinajstić information content (AvgIpc) is 3.72. The monoisotopic (exact) mass is 635 g/mol. The highest BCUT2D eigenvalue weighted by Crippen LogP contribution is 2.53. The second kappa shape index (κ2) is 10.7. The number of anilines is 1. The molecular weight excluding hydrogens is 611 g/mol. The van der Waals surface area contributed by atoms with Gasteiger partial charge in [0.1, 0.15) is 48.5 Å². The van der Waals surface area contributed by atoms with Crippen LogP contribution < -0.4 is 5.73 Å². The van der Waals surface area contributed by atoms with Crippen LogP contribution in [0.15, 0.2) is 43.2 Å². The van der Waals surface area contributed by atoms with Crippen molar-refractivity contribution in [2.24, 2.45) is 0 Å². The fourth-order valence-electron chi connectivity index (χ4n) is 5.39. The van der Waals surface area contributed by atoms with Crippen molar-refractivity contribution in [1.82, 2.24) is 29.1 Å². The van der Waals surface area contributed by atoms with E-state index >= 15 is 0 Å². The number of nitrogens with two attached hydrogens (primary N) is 1. The number of aliphatic hydroxyl groups excluding tert-OH is 2. The zero-order valence-corrected chi connectivity index (χ0v) is 23.7. The van der Waals surface area contributed by atoms with E-state index in [0.717, 1.165) is 0 Å². The van der Waals surface area contributed by atoms with Gasteiger partial charge in [-0.2, -0.15) is 0 Å². The number of hydrogen-bond donors (Lipinski definition) is 4. The van der Waals surface area contributed by atoms with Gasteiger partial charge in [-0.25, -0.2) is 24.5 Å². The minimum Gasteiger partial charge on any atom is -0.444 e. The van der Waals surface area contributed by atoms with Crippen LogP contribution in [0.4, 0.5) is 5.82 Å². The summed E-state index contributed by atoms with van der Waals surface area (Å²) in [7, 11) is -3.48. The lowest BCUT2D eigenvalue weighted by Gasteiger charge is -2.34. The summed E-state index contributed by atoms with van der Waals surface area (Å²) in [6.45, 7) is -1.29. The lowest BCUT2D eigenvalue weighted by molar-refractivity contribution is -0.0615. The quantitative estimate of drug-likeness (QED) is 0.170. The Bertz CT molecular complexity index is 1780. The van der Waals surface area contributed by atoms with Crippen LogP contribution in [0.5, 0.6) is 0 Å². The first kappa shape index (κ1) is 28.9. The lowest BCUT2D eigenvalue weighted by atomic mass is 10.1. The summed E-state index contributed by atoms with van der Waals surface area (Å²) in [5.41, 5.74) is 7.50. The van der Waals surface area contributed by atoms with E-state index in [1.165, 1.54) is 28.1 Å². The largest absolute Gasteiger partial charge is 0.472 e. The molecule has 43 heavy (non-hydrogen) atoms. The van der Waals surface area contributed by atoms with E-state index in [-0.39, 0.29) is 17.0 Å². The molecule has 7 rings (SSSR count). The summed E-state index contributed by atoms with van der Waals surface area (Å²) in [6.07, 6.45) is -7.13. The number of aromatic nitrogens is 6. The van der Waals surface area contributed by atoms with Crippen molar-refractivity contribution >= 4 is 50.9 Å². The molecule has 10 atom stereocenters.